The first-order valence-corrected chi connectivity index (χ1v) is 5.93. The maximum atomic E-state index is 13.4. The lowest BCUT2D eigenvalue weighted by molar-refractivity contribution is 0.0152. The van der Waals surface area contributed by atoms with E-state index in [1.165, 1.54) is 12.1 Å². The van der Waals surface area contributed by atoms with E-state index in [0.29, 0.717) is 17.0 Å². The van der Waals surface area contributed by atoms with E-state index in [2.05, 4.69) is 0 Å². The quantitative estimate of drug-likeness (QED) is 0.780. The normalized spacial score (nSPS) is 13.0. The summed E-state index contributed by atoms with van der Waals surface area (Å²) in [6.45, 7) is -0.481. The molecule has 0 aliphatic carbocycles. The summed E-state index contributed by atoms with van der Waals surface area (Å²) in [6.07, 6.45) is -1.86. The van der Waals surface area contributed by atoms with Crippen molar-refractivity contribution in [2.24, 2.45) is 5.73 Å². The molecule has 0 saturated heterocycles. The molecular formula is C12H15ClF3NO. The first-order valence-electron chi connectivity index (χ1n) is 5.55. The van der Waals surface area contributed by atoms with Gasteiger partial charge in [0.15, 0.2) is 0 Å². The number of benzene rings is 1. The van der Waals surface area contributed by atoms with Gasteiger partial charge in [-0.3, -0.25) is 0 Å². The van der Waals surface area contributed by atoms with E-state index >= 15 is 0 Å². The molecule has 0 amide bonds. The average molecular weight is 282 g/mol. The maximum Gasteiger partial charge on any atom is 0.261 e. The molecular weight excluding hydrogens is 267 g/mol. The third-order valence-electron chi connectivity index (χ3n) is 2.40. The van der Waals surface area contributed by atoms with Crippen molar-refractivity contribution in [2.45, 2.75) is 25.3 Å². The Hall–Kier alpha value is -0.780. The van der Waals surface area contributed by atoms with Gasteiger partial charge >= 0.3 is 0 Å². The highest BCUT2D eigenvalue weighted by atomic mass is 35.5. The first-order chi connectivity index (χ1) is 8.50. The lowest BCUT2D eigenvalue weighted by atomic mass is 10.0. The van der Waals surface area contributed by atoms with Crippen LogP contribution < -0.4 is 5.73 Å². The molecule has 0 fully saturated rings. The van der Waals surface area contributed by atoms with Crippen molar-refractivity contribution in [1.82, 2.24) is 0 Å². The van der Waals surface area contributed by atoms with Crippen LogP contribution in [0.5, 0.6) is 0 Å². The van der Waals surface area contributed by atoms with Crippen LogP contribution >= 0.6 is 11.6 Å². The smallest absolute Gasteiger partial charge is 0.261 e. The van der Waals surface area contributed by atoms with E-state index in [4.69, 9.17) is 22.1 Å². The molecule has 1 atom stereocenters. The van der Waals surface area contributed by atoms with Crippen molar-refractivity contribution in [3.05, 3.63) is 34.6 Å². The first kappa shape index (κ1) is 15.3. The zero-order valence-corrected chi connectivity index (χ0v) is 10.5. The Morgan fingerprint density at radius 1 is 1.33 bits per heavy atom. The SMILES string of the molecule is NC(CCOCC(F)F)Cc1c(F)cccc1Cl. The van der Waals surface area contributed by atoms with Crippen LogP contribution in [0.15, 0.2) is 18.2 Å². The molecule has 2 N–H and O–H groups in total. The van der Waals surface area contributed by atoms with Crippen LogP contribution in [0.4, 0.5) is 13.2 Å². The van der Waals surface area contributed by atoms with Crippen molar-refractivity contribution in [1.29, 1.82) is 0 Å². The summed E-state index contributed by atoms with van der Waals surface area (Å²) in [4.78, 5) is 0. The summed E-state index contributed by atoms with van der Waals surface area (Å²) < 4.78 is 41.7. The predicted octanol–water partition coefficient (Wildman–Crippen LogP) is 3.02. The van der Waals surface area contributed by atoms with Gasteiger partial charge in [-0.15, -0.1) is 0 Å². The molecule has 1 aromatic rings. The standard InChI is InChI=1S/C12H15ClF3NO/c13-10-2-1-3-11(14)9(10)6-8(17)4-5-18-7-12(15)16/h1-3,8,12H,4-7,17H2. The molecule has 0 aromatic heterocycles. The minimum absolute atomic E-state index is 0.123. The van der Waals surface area contributed by atoms with Crippen molar-refractivity contribution in [2.75, 3.05) is 13.2 Å². The molecule has 6 heteroatoms. The van der Waals surface area contributed by atoms with Crippen molar-refractivity contribution in [3.63, 3.8) is 0 Å². The summed E-state index contributed by atoms with van der Waals surface area (Å²) >= 11 is 5.85. The predicted molar refractivity (Wildman–Crippen MR) is 64.5 cm³/mol. The second-order valence-electron chi connectivity index (χ2n) is 3.92. The third kappa shape index (κ3) is 5.25. The molecule has 1 unspecified atom stereocenters. The van der Waals surface area contributed by atoms with Gasteiger partial charge in [0.2, 0.25) is 0 Å². The van der Waals surface area contributed by atoms with E-state index in [1.54, 1.807) is 6.07 Å². The van der Waals surface area contributed by atoms with Crippen molar-refractivity contribution in [3.8, 4) is 0 Å². The largest absolute Gasteiger partial charge is 0.375 e. The fourth-order valence-corrected chi connectivity index (χ4v) is 1.74. The van der Waals surface area contributed by atoms with Crippen LogP contribution in [0, 0.1) is 5.82 Å². The molecule has 0 heterocycles. The molecule has 0 saturated carbocycles. The monoisotopic (exact) mass is 281 g/mol. The van der Waals surface area contributed by atoms with Crippen LogP contribution in [0.25, 0.3) is 0 Å². The second kappa shape index (κ2) is 7.61. The van der Waals surface area contributed by atoms with Gasteiger partial charge in [-0.2, -0.15) is 0 Å². The Bertz CT molecular complexity index is 356. The molecule has 1 aromatic carbocycles. The summed E-state index contributed by atoms with van der Waals surface area (Å²) in [5, 5.41) is 0.318. The molecule has 1 rings (SSSR count). The summed E-state index contributed by atoms with van der Waals surface area (Å²) in [6, 6.07) is 4.02. The highest BCUT2D eigenvalue weighted by Gasteiger charge is 2.12. The zero-order valence-electron chi connectivity index (χ0n) is 9.71. The van der Waals surface area contributed by atoms with Gasteiger partial charge in [-0.05, 0) is 25.0 Å². The zero-order chi connectivity index (χ0) is 13.5. The van der Waals surface area contributed by atoms with Gasteiger partial charge in [0.05, 0.1) is 0 Å². The summed E-state index contributed by atoms with van der Waals surface area (Å²) in [5.41, 5.74) is 6.12. The van der Waals surface area contributed by atoms with Gasteiger partial charge in [0.1, 0.15) is 12.4 Å². The highest BCUT2D eigenvalue weighted by molar-refractivity contribution is 6.31. The number of alkyl halides is 2. The van der Waals surface area contributed by atoms with Crippen molar-refractivity contribution >= 4 is 11.6 Å². The highest BCUT2D eigenvalue weighted by Crippen LogP contribution is 2.20. The van der Waals surface area contributed by atoms with E-state index in [0.717, 1.165) is 0 Å². The average Bonchev–Trinajstić information content (AvgIpc) is 2.29. The fraction of sp³-hybridized carbons (Fsp3) is 0.500. The van der Waals surface area contributed by atoms with Crippen LogP contribution in [0.1, 0.15) is 12.0 Å². The Morgan fingerprint density at radius 3 is 2.67 bits per heavy atom. The second-order valence-corrected chi connectivity index (χ2v) is 4.33. The minimum Gasteiger partial charge on any atom is -0.375 e. The van der Waals surface area contributed by atoms with Gasteiger partial charge in [0, 0.05) is 23.2 Å². The molecule has 0 bridgehead atoms. The summed E-state index contributed by atoms with van der Waals surface area (Å²) in [7, 11) is 0. The number of rotatable bonds is 7. The van der Waals surface area contributed by atoms with Crippen LogP contribution in [-0.4, -0.2) is 25.7 Å². The Kier molecular flexibility index (Phi) is 6.46. The number of halogens is 4. The van der Waals surface area contributed by atoms with E-state index in [-0.39, 0.29) is 19.1 Å². The van der Waals surface area contributed by atoms with E-state index in [1.807, 2.05) is 0 Å². The molecule has 0 spiro atoms. The van der Waals surface area contributed by atoms with Gasteiger partial charge in [-0.25, -0.2) is 13.2 Å². The number of ether oxygens (including phenoxy) is 1. The van der Waals surface area contributed by atoms with Gasteiger partial charge < -0.3 is 10.5 Å². The fourth-order valence-electron chi connectivity index (χ4n) is 1.50. The Morgan fingerprint density at radius 2 is 2.06 bits per heavy atom. The Balaban J connectivity index is 2.38. The molecule has 0 aliphatic rings. The third-order valence-corrected chi connectivity index (χ3v) is 2.76. The van der Waals surface area contributed by atoms with E-state index < -0.39 is 18.8 Å². The van der Waals surface area contributed by atoms with Crippen LogP contribution in [0.3, 0.4) is 0 Å². The van der Waals surface area contributed by atoms with E-state index in [9.17, 15) is 13.2 Å². The lowest BCUT2D eigenvalue weighted by Crippen LogP contribution is -2.25. The number of hydrogen-bond donors (Lipinski definition) is 1. The van der Waals surface area contributed by atoms with Crippen molar-refractivity contribution < 1.29 is 17.9 Å². The molecule has 18 heavy (non-hydrogen) atoms. The molecule has 102 valence electrons. The minimum atomic E-state index is -2.48. The topological polar surface area (TPSA) is 35.2 Å². The van der Waals surface area contributed by atoms with Gasteiger partial charge in [0.25, 0.3) is 6.43 Å². The maximum absolute atomic E-state index is 13.4. The number of hydrogen-bond acceptors (Lipinski definition) is 2. The molecule has 2 nitrogen and oxygen atoms in total. The van der Waals surface area contributed by atoms with Crippen LogP contribution in [0.2, 0.25) is 5.02 Å². The molecule has 0 aliphatic heterocycles. The Labute approximate surface area is 109 Å². The van der Waals surface area contributed by atoms with Gasteiger partial charge in [-0.1, -0.05) is 17.7 Å². The number of nitrogens with two attached hydrogens (primary N) is 1. The lowest BCUT2D eigenvalue weighted by Gasteiger charge is -2.13. The molecule has 0 radical (unpaired) electrons. The summed E-state index contributed by atoms with van der Waals surface area (Å²) in [5.74, 6) is -0.411. The van der Waals surface area contributed by atoms with Crippen LogP contribution in [-0.2, 0) is 11.2 Å².